The van der Waals surface area contributed by atoms with Crippen LogP contribution in [0, 0.1) is 5.82 Å². The first-order valence-electron chi connectivity index (χ1n) is 9.03. The summed E-state index contributed by atoms with van der Waals surface area (Å²) in [6.07, 6.45) is 1.34. The maximum Gasteiger partial charge on any atom is 0.343 e. The molecular weight excluding hydrogens is 391 g/mol. The quantitative estimate of drug-likeness (QED) is 0.366. The molecule has 0 aromatic heterocycles. The van der Waals surface area contributed by atoms with E-state index in [1.807, 2.05) is 0 Å². The molecule has 2 heterocycles. The van der Waals surface area contributed by atoms with Gasteiger partial charge in [0.05, 0.1) is 11.1 Å². The van der Waals surface area contributed by atoms with Crippen LogP contribution in [0.4, 0.5) is 4.39 Å². The van der Waals surface area contributed by atoms with E-state index in [-0.39, 0.29) is 41.0 Å². The van der Waals surface area contributed by atoms with Gasteiger partial charge < -0.3 is 18.9 Å². The van der Waals surface area contributed by atoms with Crippen molar-refractivity contribution in [2.45, 2.75) is 0 Å². The van der Waals surface area contributed by atoms with Gasteiger partial charge >= 0.3 is 5.97 Å². The van der Waals surface area contributed by atoms with Crippen LogP contribution in [0.15, 0.2) is 66.4 Å². The minimum absolute atomic E-state index is 0.00523. The number of carbonyl (C=O) groups is 2. The predicted molar refractivity (Wildman–Crippen MR) is 103 cm³/mol. The Labute approximate surface area is 170 Å². The first kappa shape index (κ1) is 17.9. The Morgan fingerprint density at radius 1 is 0.967 bits per heavy atom. The fourth-order valence-corrected chi connectivity index (χ4v) is 3.15. The van der Waals surface area contributed by atoms with E-state index in [1.165, 1.54) is 36.4 Å². The molecule has 0 N–H and O–H groups in total. The Kier molecular flexibility index (Phi) is 4.21. The molecule has 7 heteroatoms. The largest absolute Gasteiger partial charge is 0.454 e. The van der Waals surface area contributed by atoms with E-state index in [2.05, 4.69) is 0 Å². The van der Waals surface area contributed by atoms with Crippen molar-refractivity contribution in [1.29, 1.82) is 0 Å². The van der Waals surface area contributed by atoms with Gasteiger partial charge in [0.1, 0.15) is 17.3 Å². The van der Waals surface area contributed by atoms with Crippen molar-refractivity contribution in [3.63, 3.8) is 0 Å². The highest BCUT2D eigenvalue weighted by molar-refractivity contribution is 6.14. The SMILES string of the molecule is O=C(Oc1ccc2c(c1)O/C(=C/c1ccccc1F)C2=O)c1ccc2c(c1)OCO2. The lowest BCUT2D eigenvalue weighted by molar-refractivity contribution is 0.0734. The summed E-state index contributed by atoms with van der Waals surface area (Å²) in [4.78, 5) is 25.0. The van der Waals surface area contributed by atoms with Crippen LogP contribution in [0.3, 0.4) is 0 Å². The number of ether oxygens (including phenoxy) is 4. The monoisotopic (exact) mass is 404 g/mol. The summed E-state index contributed by atoms with van der Waals surface area (Å²) in [5, 5.41) is 0. The van der Waals surface area contributed by atoms with Crippen molar-refractivity contribution in [3.8, 4) is 23.0 Å². The molecule has 0 radical (unpaired) electrons. The third-order valence-electron chi connectivity index (χ3n) is 4.65. The summed E-state index contributed by atoms with van der Waals surface area (Å²) in [7, 11) is 0. The predicted octanol–water partition coefficient (Wildman–Crippen LogP) is 4.39. The molecule has 0 unspecified atom stereocenters. The van der Waals surface area contributed by atoms with Gasteiger partial charge in [-0.1, -0.05) is 18.2 Å². The zero-order chi connectivity index (χ0) is 20.7. The summed E-state index contributed by atoms with van der Waals surface area (Å²) >= 11 is 0. The third kappa shape index (κ3) is 3.16. The van der Waals surface area contributed by atoms with Crippen molar-refractivity contribution >= 4 is 17.8 Å². The summed E-state index contributed by atoms with van der Waals surface area (Å²) in [5.41, 5.74) is 0.834. The average molecular weight is 404 g/mol. The number of ketones is 1. The minimum Gasteiger partial charge on any atom is -0.454 e. The standard InChI is InChI=1S/C23H13FO6/c24-17-4-2-1-3-13(17)9-21-22(25)16-7-6-15(11-19(16)30-21)29-23(26)14-5-8-18-20(10-14)28-12-27-18/h1-11H,12H2/b21-9+. The van der Waals surface area contributed by atoms with Crippen LogP contribution in [0.25, 0.3) is 6.08 Å². The molecule has 2 aliphatic rings. The van der Waals surface area contributed by atoms with Gasteiger partial charge in [-0.15, -0.1) is 0 Å². The number of benzene rings is 3. The van der Waals surface area contributed by atoms with E-state index in [1.54, 1.807) is 30.3 Å². The lowest BCUT2D eigenvalue weighted by Crippen LogP contribution is -2.08. The van der Waals surface area contributed by atoms with Crippen LogP contribution in [-0.2, 0) is 0 Å². The maximum absolute atomic E-state index is 13.9. The number of halogens is 1. The number of allylic oxidation sites excluding steroid dienone is 1. The van der Waals surface area contributed by atoms with Crippen LogP contribution in [0.2, 0.25) is 0 Å². The maximum atomic E-state index is 13.9. The molecule has 0 atom stereocenters. The highest BCUT2D eigenvalue weighted by Gasteiger charge is 2.28. The van der Waals surface area contributed by atoms with Crippen LogP contribution < -0.4 is 18.9 Å². The molecule has 148 valence electrons. The van der Waals surface area contributed by atoms with E-state index in [4.69, 9.17) is 18.9 Å². The number of hydrogen-bond donors (Lipinski definition) is 0. The Balaban J connectivity index is 1.37. The highest BCUT2D eigenvalue weighted by Crippen LogP contribution is 2.36. The second-order valence-corrected chi connectivity index (χ2v) is 6.58. The van der Waals surface area contributed by atoms with E-state index in [0.29, 0.717) is 17.1 Å². The van der Waals surface area contributed by atoms with Crippen molar-refractivity contribution in [2.75, 3.05) is 6.79 Å². The molecule has 0 saturated heterocycles. The third-order valence-corrected chi connectivity index (χ3v) is 4.65. The van der Waals surface area contributed by atoms with Crippen LogP contribution in [0.1, 0.15) is 26.3 Å². The van der Waals surface area contributed by atoms with Crippen LogP contribution in [-0.4, -0.2) is 18.5 Å². The fraction of sp³-hybridized carbons (Fsp3) is 0.0435. The zero-order valence-corrected chi connectivity index (χ0v) is 15.4. The molecule has 30 heavy (non-hydrogen) atoms. The topological polar surface area (TPSA) is 71.1 Å². The van der Waals surface area contributed by atoms with E-state index in [0.717, 1.165) is 0 Å². The average Bonchev–Trinajstić information content (AvgIpc) is 3.33. The molecule has 0 spiro atoms. The second kappa shape index (κ2) is 7.04. The second-order valence-electron chi connectivity index (χ2n) is 6.58. The van der Waals surface area contributed by atoms with Gasteiger partial charge in [0, 0.05) is 11.6 Å². The fourth-order valence-electron chi connectivity index (χ4n) is 3.15. The molecule has 0 saturated carbocycles. The molecule has 3 aromatic carbocycles. The van der Waals surface area contributed by atoms with E-state index in [9.17, 15) is 14.0 Å². The van der Waals surface area contributed by atoms with Crippen LogP contribution in [0.5, 0.6) is 23.0 Å². The number of Topliss-reactive ketones (excluding diaryl/α,β-unsaturated/α-hetero) is 1. The van der Waals surface area contributed by atoms with Crippen molar-refractivity contribution in [2.24, 2.45) is 0 Å². The lowest BCUT2D eigenvalue weighted by Gasteiger charge is -2.06. The molecule has 0 amide bonds. The van der Waals surface area contributed by atoms with Gasteiger partial charge in [0.25, 0.3) is 0 Å². The van der Waals surface area contributed by atoms with Crippen molar-refractivity contribution in [3.05, 3.63) is 88.9 Å². The summed E-state index contributed by atoms with van der Waals surface area (Å²) in [6.45, 7) is 0.104. The molecule has 5 rings (SSSR count). The van der Waals surface area contributed by atoms with E-state index >= 15 is 0 Å². The number of fused-ring (bicyclic) bond motifs is 2. The highest BCUT2D eigenvalue weighted by atomic mass is 19.1. The summed E-state index contributed by atoms with van der Waals surface area (Å²) in [5.74, 6) is 0.0296. The Bertz CT molecular complexity index is 1230. The molecule has 6 nitrogen and oxygen atoms in total. The molecule has 0 aliphatic carbocycles. The normalized spacial score (nSPS) is 15.1. The van der Waals surface area contributed by atoms with Gasteiger partial charge in [-0.25, -0.2) is 9.18 Å². The molecule has 0 fully saturated rings. The van der Waals surface area contributed by atoms with Gasteiger partial charge in [-0.3, -0.25) is 4.79 Å². The smallest absolute Gasteiger partial charge is 0.343 e. The Morgan fingerprint density at radius 3 is 2.67 bits per heavy atom. The molecular formula is C23H13FO6. The molecule has 0 bridgehead atoms. The molecule has 2 aliphatic heterocycles. The van der Waals surface area contributed by atoms with Crippen molar-refractivity contribution in [1.82, 2.24) is 0 Å². The number of carbonyl (C=O) groups excluding carboxylic acids is 2. The van der Waals surface area contributed by atoms with Gasteiger partial charge in [-0.2, -0.15) is 0 Å². The van der Waals surface area contributed by atoms with Crippen LogP contribution >= 0.6 is 0 Å². The first-order chi connectivity index (χ1) is 14.6. The van der Waals surface area contributed by atoms with Gasteiger partial charge in [-0.05, 0) is 42.5 Å². The number of rotatable bonds is 3. The number of esters is 1. The van der Waals surface area contributed by atoms with Crippen molar-refractivity contribution < 1.29 is 32.9 Å². The van der Waals surface area contributed by atoms with Gasteiger partial charge in [0.15, 0.2) is 17.3 Å². The zero-order valence-electron chi connectivity index (χ0n) is 15.4. The minimum atomic E-state index is -0.598. The lowest BCUT2D eigenvalue weighted by atomic mass is 10.1. The molecule has 3 aromatic rings. The Hall–Kier alpha value is -4.13. The Morgan fingerprint density at radius 2 is 1.80 bits per heavy atom. The van der Waals surface area contributed by atoms with Gasteiger partial charge in [0.2, 0.25) is 12.6 Å². The summed E-state index contributed by atoms with van der Waals surface area (Å²) in [6, 6.07) is 15.2. The van der Waals surface area contributed by atoms with E-state index < -0.39 is 11.8 Å². The number of hydrogen-bond acceptors (Lipinski definition) is 6. The summed E-state index contributed by atoms with van der Waals surface area (Å²) < 4.78 is 35.3. The first-order valence-corrected chi connectivity index (χ1v) is 9.03.